The van der Waals surface area contributed by atoms with Gasteiger partial charge in [-0.25, -0.2) is 4.98 Å². The summed E-state index contributed by atoms with van der Waals surface area (Å²) in [6.07, 6.45) is 3.81. The number of aryl methyl sites for hydroxylation is 1. The first-order chi connectivity index (χ1) is 8.72. The molecule has 18 heavy (non-hydrogen) atoms. The number of nitrogens with one attached hydrogen (secondary N) is 1. The summed E-state index contributed by atoms with van der Waals surface area (Å²) in [5.74, 6) is 2.13. The van der Waals surface area contributed by atoms with Crippen LogP contribution >= 0.6 is 11.8 Å². The van der Waals surface area contributed by atoms with Crippen molar-refractivity contribution >= 4 is 17.4 Å². The molecule has 1 N–H and O–H groups in total. The van der Waals surface area contributed by atoms with E-state index in [1.165, 1.54) is 10.6 Å². The van der Waals surface area contributed by atoms with Crippen molar-refractivity contribution < 1.29 is 0 Å². The maximum Gasteiger partial charge on any atom is 0.130 e. The van der Waals surface area contributed by atoms with Crippen LogP contribution in [-0.4, -0.2) is 15.3 Å². The van der Waals surface area contributed by atoms with Gasteiger partial charge in [0.1, 0.15) is 5.82 Å². The average Bonchev–Trinajstić information content (AvgIpc) is 2.78. The third-order valence-corrected chi connectivity index (χ3v) is 3.76. The van der Waals surface area contributed by atoms with Gasteiger partial charge in [0.2, 0.25) is 0 Å². The lowest BCUT2D eigenvalue weighted by Gasteiger charge is -2.17. The van der Waals surface area contributed by atoms with E-state index in [1.807, 2.05) is 35.8 Å². The van der Waals surface area contributed by atoms with E-state index in [4.69, 9.17) is 0 Å². The standard InChI is InChI=1S/C14H19N3S/c1-4-18-13-8-6-5-7-12(13)16-11(2)14-15-9-10-17(14)3/h5-11,16H,4H2,1-3H3. The number of imidazole rings is 1. The van der Waals surface area contributed by atoms with E-state index in [9.17, 15) is 0 Å². The van der Waals surface area contributed by atoms with E-state index in [0.717, 1.165) is 11.6 Å². The Morgan fingerprint density at radius 2 is 2.17 bits per heavy atom. The van der Waals surface area contributed by atoms with Crippen LogP contribution in [0.5, 0.6) is 0 Å². The predicted molar refractivity (Wildman–Crippen MR) is 78.1 cm³/mol. The Bertz CT molecular complexity index is 507. The minimum atomic E-state index is 0.198. The first-order valence-electron chi connectivity index (χ1n) is 6.18. The van der Waals surface area contributed by atoms with Crippen molar-refractivity contribution in [2.45, 2.75) is 24.8 Å². The maximum atomic E-state index is 4.38. The molecule has 0 saturated heterocycles. The van der Waals surface area contributed by atoms with Crippen molar-refractivity contribution in [1.29, 1.82) is 0 Å². The first-order valence-corrected chi connectivity index (χ1v) is 7.16. The Labute approximate surface area is 113 Å². The van der Waals surface area contributed by atoms with Gasteiger partial charge >= 0.3 is 0 Å². The highest BCUT2D eigenvalue weighted by atomic mass is 32.2. The first kappa shape index (κ1) is 13.0. The lowest BCUT2D eigenvalue weighted by atomic mass is 10.2. The lowest BCUT2D eigenvalue weighted by Crippen LogP contribution is -2.12. The van der Waals surface area contributed by atoms with Gasteiger partial charge in [0, 0.05) is 30.0 Å². The molecule has 0 fully saturated rings. The smallest absolute Gasteiger partial charge is 0.130 e. The summed E-state index contributed by atoms with van der Waals surface area (Å²) in [7, 11) is 2.02. The Morgan fingerprint density at radius 1 is 1.39 bits per heavy atom. The van der Waals surface area contributed by atoms with Gasteiger partial charge in [-0.1, -0.05) is 19.1 Å². The summed E-state index contributed by atoms with van der Waals surface area (Å²) in [5, 5.41) is 3.53. The predicted octanol–water partition coefficient (Wildman–Crippen LogP) is 3.71. The van der Waals surface area contributed by atoms with E-state index in [0.29, 0.717) is 0 Å². The second-order valence-corrected chi connectivity index (χ2v) is 5.50. The van der Waals surface area contributed by atoms with Gasteiger partial charge in [-0.05, 0) is 24.8 Å². The largest absolute Gasteiger partial charge is 0.374 e. The molecule has 1 aromatic carbocycles. The fraction of sp³-hybridized carbons (Fsp3) is 0.357. The van der Waals surface area contributed by atoms with E-state index >= 15 is 0 Å². The number of benzene rings is 1. The molecule has 0 radical (unpaired) electrons. The Kier molecular flexibility index (Phi) is 4.31. The van der Waals surface area contributed by atoms with E-state index in [-0.39, 0.29) is 6.04 Å². The van der Waals surface area contributed by atoms with Gasteiger partial charge in [0.15, 0.2) is 0 Å². The van der Waals surface area contributed by atoms with Crippen LogP contribution in [-0.2, 0) is 7.05 Å². The molecule has 0 aliphatic heterocycles. The third-order valence-electron chi connectivity index (χ3n) is 2.80. The van der Waals surface area contributed by atoms with Crippen molar-refractivity contribution in [1.82, 2.24) is 9.55 Å². The fourth-order valence-electron chi connectivity index (χ4n) is 1.96. The number of hydrogen-bond acceptors (Lipinski definition) is 3. The number of anilines is 1. The van der Waals surface area contributed by atoms with E-state index in [2.05, 4.69) is 48.4 Å². The van der Waals surface area contributed by atoms with E-state index in [1.54, 1.807) is 0 Å². The summed E-state index contributed by atoms with van der Waals surface area (Å²) < 4.78 is 2.05. The molecule has 3 nitrogen and oxygen atoms in total. The molecule has 1 unspecified atom stereocenters. The Morgan fingerprint density at radius 3 is 2.83 bits per heavy atom. The number of para-hydroxylation sites is 1. The van der Waals surface area contributed by atoms with Crippen LogP contribution in [0.15, 0.2) is 41.6 Å². The van der Waals surface area contributed by atoms with Gasteiger partial charge in [-0.15, -0.1) is 11.8 Å². The molecule has 0 aliphatic rings. The third kappa shape index (κ3) is 2.88. The van der Waals surface area contributed by atoms with Crippen LogP contribution in [0.4, 0.5) is 5.69 Å². The average molecular weight is 261 g/mol. The Balaban J connectivity index is 2.16. The van der Waals surface area contributed by atoms with Crippen molar-refractivity contribution in [2.24, 2.45) is 7.05 Å². The zero-order valence-corrected chi connectivity index (χ0v) is 11.9. The highest BCUT2D eigenvalue weighted by molar-refractivity contribution is 7.99. The monoisotopic (exact) mass is 261 g/mol. The number of thioether (sulfide) groups is 1. The highest BCUT2D eigenvalue weighted by Crippen LogP contribution is 2.29. The van der Waals surface area contributed by atoms with Crippen LogP contribution in [0, 0.1) is 0 Å². The summed E-state index contributed by atoms with van der Waals surface area (Å²) in [5.41, 5.74) is 1.18. The Hall–Kier alpha value is -1.42. The van der Waals surface area contributed by atoms with Gasteiger partial charge in [-0.2, -0.15) is 0 Å². The molecule has 1 heterocycles. The molecule has 0 aliphatic carbocycles. The van der Waals surface area contributed by atoms with Crippen LogP contribution < -0.4 is 5.32 Å². The molecule has 2 aromatic rings. The van der Waals surface area contributed by atoms with Crippen molar-refractivity contribution in [3.05, 3.63) is 42.5 Å². The van der Waals surface area contributed by atoms with E-state index < -0.39 is 0 Å². The SMILES string of the molecule is CCSc1ccccc1NC(C)c1nccn1C. The minimum absolute atomic E-state index is 0.198. The topological polar surface area (TPSA) is 29.9 Å². The second kappa shape index (κ2) is 5.96. The maximum absolute atomic E-state index is 4.38. The molecule has 96 valence electrons. The normalized spacial score (nSPS) is 12.4. The molecule has 0 spiro atoms. The fourth-order valence-corrected chi connectivity index (χ4v) is 2.73. The molecule has 1 atom stereocenters. The minimum Gasteiger partial charge on any atom is -0.374 e. The number of aromatic nitrogens is 2. The van der Waals surface area contributed by atoms with Crippen LogP contribution in [0.25, 0.3) is 0 Å². The van der Waals surface area contributed by atoms with Crippen LogP contribution in [0.3, 0.4) is 0 Å². The summed E-state index contributed by atoms with van der Waals surface area (Å²) in [4.78, 5) is 5.67. The van der Waals surface area contributed by atoms with Crippen molar-refractivity contribution in [3.8, 4) is 0 Å². The number of nitrogens with zero attached hydrogens (tertiary/aromatic N) is 2. The van der Waals surface area contributed by atoms with Crippen molar-refractivity contribution in [2.75, 3.05) is 11.1 Å². The molecule has 0 saturated carbocycles. The molecule has 0 bridgehead atoms. The summed E-state index contributed by atoms with van der Waals surface area (Å²) in [6.45, 7) is 4.30. The van der Waals surface area contributed by atoms with Gasteiger partial charge < -0.3 is 9.88 Å². The molecule has 4 heteroatoms. The summed E-state index contributed by atoms with van der Waals surface area (Å²) >= 11 is 1.86. The molecule has 2 rings (SSSR count). The van der Waals surface area contributed by atoms with Gasteiger partial charge in [0.25, 0.3) is 0 Å². The van der Waals surface area contributed by atoms with Crippen molar-refractivity contribution in [3.63, 3.8) is 0 Å². The molecule has 1 aromatic heterocycles. The number of hydrogen-bond donors (Lipinski definition) is 1. The zero-order chi connectivity index (χ0) is 13.0. The molecular formula is C14H19N3S. The molecule has 0 amide bonds. The van der Waals surface area contributed by atoms with Gasteiger partial charge in [0.05, 0.1) is 6.04 Å². The summed E-state index contributed by atoms with van der Waals surface area (Å²) in [6, 6.07) is 8.62. The number of rotatable bonds is 5. The highest BCUT2D eigenvalue weighted by Gasteiger charge is 2.11. The molecular weight excluding hydrogens is 242 g/mol. The van der Waals surface area contributed by atoms with Crippen LogP contribution in [0.2, 0.25) is 0 Å². The van der Waals surface area contributed by atoms with Gasteiger partial charge in [-0.3, -0.25) is 0 Å². The quantitative estimate of drug-likeness (QED) is 0.832. The zero-order valence-electron chi connectivity index (χ0n) is 11.1. The second-order valence-electron chi connectivity index (χ2n) is 4.19. The lowest BCUT2D eigenvalue weighted by molar-refractivity contribution is 0.720. The van der Waals surface area contributed by atoms with Crippen LogP contribution in [0.1, 0.15) is 25.7 Å².